The van der Waals surface area contributed by atoms with Crippen molar-refractivity contribution < 1.29 is 23.8 Å². The lowest BCUT2D eigenvalue weighted by Gasteiger charge is -2.29. The van der Waals surface area contributed by atoms with Crippen molar-refractivity contribution in [3.05, 3.63) is 59.6 Å². The van der Waals surface area contributed by atoms with Gasteiger partial charge in [0.15, 0.2) is 5.70 Å². The number of amides is 1. The molecule has 0 unspecified atom stereocenters. The number of methoxy groups -OCH3 is 1. The number of rotatable bonds is 5. The first kappa shape index (κ1) is 19.4. The molecule has 1 N–H and O–H groups in total. The molecule has 0 spiro atoms. The maximum absolute atomic E-state index is 12.2. The number of nitrogens with one attached hydrogen (secondary N) is 1. The molecule has 0 saturated heterocycles. The van der Waals surface area contributed by atoms with E-state index in [2.05, 4.69) is 5.43 Å². The number of hydrazine groups is 1. The highest BCUT2D eigenvalue weighted by atomic mass is 16.6. The largest absolute Gasteiger partial charge is 0.490 e. The van der Waals surface area contributed by atoms with Gasteiger partial charge in [-0.25, -0.2) is 20.0 Å². The Morgan fingerprint density at radius 1 is 1.19 bits per heavy atom. The van der Waals surface area contributed by atoms with Gasteiger partial charge in [-0.2, -0.15) is 0 Å². The van der Waals surface area contributed by atoms with Crippen LogP contribution >= 0.6 is 0 Å². The maximum atomic E-state index is 12.2. The van der Waals surface area contributed by atoms with Crippen LogP contribution in [0.1, 0.15) is 32.8 Å². The van der Waals surface area contributed by atoms with Gasteiger partial charge in [-0.3, -0.25) is 0 Å². The fraction of sp³-hybridized carbons (Fsp3) is 0.368. The summed E-state index contributed by atoms with van der Waals surface area (Å²) in [4.78, 5) is 24.3. The molecule has 140 valence electrons. The number of allylic oxidation sites excluding steroid dienone is 1. The van der Waals surface area contributed by atoms with Gasteiger partial charge < -0.3 is 14.2 Å². The van der Waals surface area contributed by atoms with Crippen LogP contribution in [0.4, 0.5) is 4.79 Å². The Morgan fingerprint density at radius 2 is 1.88 bits per heavy atom. The van der Waals surface area contributed by atoms with E-state index in [4.69, 9.17) is 14.2 Å². The fourth-order valence-electron chi connectivity index (χ4n) is 2.24. The number of hydrogen-bond donors (Lipinski definition) is 1. The van der Waals surface area contributed by atoms with Crippen LogP contribution < -0.4 is 5.43 Å². The van der Waals surface area contributed by atoms with Gasteiger partial charge >= 0.3 is 12.1 Å². The van der Waals surface area contributed by atoms with Crippen LogP contribution in [0, 0.1) is 0 Å². The molecule has 7 nitrogen and oxygen atoms in total. The second kappa shape index (κ2) is 8.42. The van der Waals surface area contributed by atoms with E-state index in [1.807, 2.05) is 30.3 Å². The molecular formula is C19H24N2O5. The van der Waals surface area contributed by atoms with Gasteiger partial charge in [0.1, 0.15) is 18.0 Å². The Kier molecular flexibility index (Phi) is 6.27. The molecule has 0 atom stereocenters. The Balaban J connectivity index is 2.17. The highest BCUT2D eigenvalue weighted by molar-refractivity contribution is 5.89. The van der Waals surface area contributed by atoms with Crippen molar-refractivity contribution >= 4 is 12.1 Å². The van der Waals surface area contributed by atoms with Gasteiger partial charge in [-0.05, 0) is 26.3 Å². The first-order valence-electron chi connectivity index (χ1n) is 8.24. The number of hydrogen-bond acceptors (Lipinski definition) is 6. The number of carbonyl (C=O) groups excluding carboxylic acids is 2. The van der Waals surface area contributed by atoms with Crippen LogP contribution in [0.15, 0.2) is 54.1 Å². The van der Waals surface area contributed by atoms with Gasteiger partial charge in [-0.15, -0.1) is 0 Å². The quantitative estimate of drug-likeness (QED) is 0.812. The van der Waals surface area contributed by atoms with Crippen LogP contribution in [-0.4, -0.2) is 29.8 Å². The molecule has 0 bridgehead atoms. The monoisotopic (exact) mass is 360 g/mol. The van der Waals surface area contributed by atoms with Gasteiger partial charge in [-0.1, -0.05) is 36.4 Å². The molecule has 0 saturated carbocycles. The normalized spacial score (nSPS) is 14.1. The van der Waals surface area contributed by atoms with Crippen molar-refractivity contribution in [3.8, 4) is 0 Å². The minimum atomic E-state index is -0.687. The minimum Gasteiger partial charge on any atom is -0.490 e. The highest BCUT2D eigenvalue weighted by Crippen LogP contribution is 2.23. The van der Waals surface area contributed by atoms with E-state index in [1.165, 1.54) is 12.1 Å². The Labute approximate surface area is 153 Å². The van der Waals surface area contributed by atoms with Crippen molar-refractivity contribution in [2.24, 2.45) is 0 Å². The molecule has 1 heterocycles. The van der Waals surface area contributed by atoms with E-state index in [-0.39, 0.29) is 5.70 Å². The molecule has 0 fully saturated rings. The molecule has 7 heteroatoms. The van der Waals surface area contributed by atoms with Gasteiger partial charge in [0, 0.05) is 12.6 Å². The van der Waals surface area contributed by atoms with Crippen LogP contribution in [0.2, 0.25) is 0 Å². The maximum Gasteiger partial charge on any atom is 0.426 e. The van der Waals surface area contributed by atoms with Crippen molar-refractivity contribution in [2.45, 2.75) is 39.4 Å². The predicted molar refractivity (Wildman–Crippen MR) is 95.2 cm³/mol. The second-order valence-electron chi connectivity index (χ2n) is 6.61. The third-order valence-corrected chi connectivity index (χ3v) is 3.31. The smallest absolute Gasteiger partial charge is 0.426 e. The summed E-state index contributed by atoms with van der Waals surface area (Å²) in [5, 5.41) is 1.25. The number of nitrogens with zero attached hydrogens (tertiary/aromatic N) is 1. The lowest BCUT2D eigenvalue weighted by molar-refractivity contribution is -0.138. The summed E-state index contributed by atoms with van der Waals surface area (Å²) in [5.74, 6) is -0.215. The average Bonchev–Trinajstić information content (AvgIpc) is 2.58. The lowest BCUT2D eigenvalue weighted by Crippen LogP contribution is -2.44. The summed E-state index contributed by atoms with van der Waals surface area (Å²) >= 11 is 0. The molecule has 1 aromatic rings. The summed E-state index contributed by atoms with van der Waals surface area (Å²) in [5.41, 5.74) is 2.93. The van der Waals surface area contributed by atoms with Crippen molar-refractivity contribution in [1.29, 1.82) is 0 Å². The van der Waals surface area contributed by atoms with Crippen LogP contribution in [-0.2, 0) is 25.6 Å². The van der Waals surface area contributed by atoms with Crippen molar-refractivity contribution in [1.82, 2.24) is 10.4 Å². The first-order chi connectivity index (χ1) is 12.3. The molecule has 1 amide bonds. The van der Waals surface area contributed by atoms with Gasteiger partial charge in [0.25, 0.3) is 0 Å². The van der Waals surface area contributed by atoms with Crippen molar-refractivity contribution in [2.75, 3.05) is 7.11 Å². The van der Waals surface area contributed by atoms with Crippen molar-refractivity contribution in [3.63, 3.8) is 0 Å². The SMILES string of the molecule is COC(=O)C1=C(OCc2ccccc2)CC=CN1NC(=O)OC(C)(C)C. The Bertz CT molecular complexity index is 704. The van der Waals surface area contributed by atoms with E-state index in [0.29, 0.717) is 18.8 Å². The summed E-state index contributed by atoms with van der Waals surface area (Å²) in [6.07, 6.45) is 3.05. The zero-order chi connectivity index (χ0) is 19.2. The van der Waals surface area contributed by atoms with Gasteiger partial charge in [0.05, 0.1) is 7.11 Å². The number of ether oxygens (including phenoxy) is 3. The first-order valence-corrected chi connectivity index (χ1v) is 8.24. The van der Waals surface area contributed by atoms with Crippen LogP contribution in [0.25, 0.3) is 0 Å². The number of esters is 1. The second-order valence-corrected chi connectivity index (χ2v) is 6.61. The topological polar surface area (TPSA) is 77.1 Å². The number of benzene rings is 1. The summed E-state index contributed by atoms with van der Waals surface area (Å²) < 4.78 is 15.9. The summed E-state index contributed by atoms with van der Waals surface area (Å²) in [6, 6.07) is 9.58. The highest BCUT2D eigenvalue weighted by Gasteiger charge is 2.28. The van der Waals surface area contributed by atoms with Gasteiger partial charge in [0.2, 0.25) is 0 Å². The van der Waals surface area contributed by atoms with Crippen LogP contribution in [0.5, 0.6) is 0 Å². The predicted octanol–water partition coefficient (Wildman–Crippen LogP) is 3.25. The molecule has 1 aromatic carbocycles. The Morgan fingerprint density at radius 3 is 2.50 bits per heavy atom. The third-order valence-electron chi connectivity index (χ3n) is 3.31. The van der Waals surface area contributed by atoms with E-state index in [9.17, 15) is 9.59 Å². The fourth-order valence-corrected chi connectivity index (χ4v) is 2.24. The molecule has 0 radical (unpaired) electrons. The van der Waals surface area contributed by atoms with E-state index in [1.54, 1.807) is 33.0 Å². The van der Waals surface area contributed by atoms with Crippen LogP contribution in [0.3, 0.4) is 0 Å². The minimum absolute atomic E-state index is 0.108. The molecule has 0 aliphatic carbocycles. The van der Waals surface area contributed by atoms with E-state index >= 15 is 0 Å². The zero-order valence-corrected chi connectivity index (χ0v) is 15.4. The molecular weight excluding hydrogens is 336 g/mol. The molecule has 0 aromatic heterocycles. The zero-order valence-electron chi connectivity index (χ0n) is 15.4. The summed E-state index contributed by atoms with van der Waals surface area (Å²) in [7, 11) is 1.27. The Hall–Kier alpha value is -2.96. The summed E-state index contributed by atoms with van der Waals surface area (Å²) in [6.45, 7) is 5.56. The standard InChI is InChI=1S/C19H24N2O5/c1-19(2,3)26-18(23)20-21-12-8-11-15(16(21)17(22)24-4)25-13-14-9-6-5-7-10-14/h5-10,12H,11,13H2,1-4H3,(H,20,23). The van der Waals surface area contributed by atoms with E-state index in [0.717, 1.165) is 5.56 Å². The molecule has 1 aliphatic rings. The van der Waals surface area contributed by atoms with E-state index < -0.39 is 17.7 Å². The number of carbonyl (C=O) groups is 2. The molecule has 1 aliphatic heterocycles. The lowest BCUT2D eigenvalue weighted by atomic mass is 10.2. The third kappa shape index (κ3) is 5.54. The molecule has 2 rings (SSSR count). The molecule has 26 heavy (non-hydrogen) atoms. The average molecular weight is 360 g/mol.